The monoisotopic (exact) mass is 299 g/mol. The number of likely N-dealkylation sites (tertiary alicyclic amines) is 1. The zero-order valence-electron chi connectivity index (χ0n) is 12.2. The van der Waals surface area contributed by atoms with Crippen molar-refractivity contribution in [2.75, 3.05) is 6.54 Å². The van der Waals surface area contributed by atoms with Crippen molar-refractivity contribution in [1.29, 1.82) is 0 Å². The smallest absolute Gasteiger partial charge is 0.407 e. The number of aromatic nitrogens is 1. The summed E-state index contributed by atoms with van der Waals surface area (Å²) in [5, 5.41) is 14.2. The van der Waals surface area contributed by atoms with Crippen LogP contribution < -0.4 is 0 Å². The molecule has 1 aliphatic rings. The number of carbonyl (C=O) groups is 1. The van der Waals surface area contributed by atoms with Crippen molar-refractivity contribution < 1.29 is 9.90 Å². The number of amides is 1. The van der Waals surface area contributed by atoms with Gasteiger partial charge in [0.15, 0.2) is 0 Å². The Kier molecular flexibility index (Phi) is 3.65. The van der Waals surface area contributed by atoms with Crippen LogP contribution in [0.15, 0.2) is 29.4 Å². The van der Waals surface area contributed by atoms with Crippen LogP contribution in [-0.4, -0.2) is 39.7 Å². The molecule has 0 bridgehead atoms. The molecule has 0 saturated carbocycles. The third-order valence-corrected chi connectivity index (χ3v) is 4.32. The number of hydrogen-bond donors (Lipinski definition) is 2. The maximum Gasteiger partial charge on any atom is 0.407 e. The summed E-state index contributed by atoms with van der Waals surface area (Å²) < 4.78 is 0. The number of para-hydroxylation sites is 1. The molecule has 2 aromatic rings. The molecule has 0 unspecified atom stereocenters. The van der Waals surface area contributed by atoms with Crippen LogP contribution in [0.25, 0.3) is 21.3 Å². The summed E-state index contributed by atoms with van der Waals surface area (Å²) in [5.41, 5.74) is 11.8. The molecule has 0 aliphatic carbocycles. The minimum atomic E-state index is -0.960. The highest BCUT2D eigenvalue weighted by molar-refractivity contribution is 5.84. The maximum absolute atomic E-state index is 11.4. The lowest BCUT2D eigenvalue weighted by Crippen LogP contribution is -2.36. The Labute approximate surface area is 127 Å². The summed E-state index contributed by atoms with van der Waals surface area (Å²) in [6.45, 7) is 2.27. The molecule has 0 spiro atoms. The second-order valence-electron chi connectivity index (χ2n) is 5.66. The van der Waals surface area contributed by atoms with E-state index in [1.54, 1.807) is 0 Å². The Balaban J connectivity index is 1.91. The molecule has 2 N–H and O–H groups in total. The lowest BCUT2D eigenvalue weighted by atomic mass is 10.0. The van der Waals surface area contributed by atoms with E-state index < -0.39 is 6.09 Å². The molecule has 0 radical (unpaired) electrons. The van der Waals surface area contributed by atoms with E-state index in [9.17, 15) is 9.90 Å². The summed E-state index contributed by atoms with van der Waals surface area (Å²) in [7, 11) is 0. The Hall–Kier alpha value is -2.66. The minimum Gasteiger partial charge on any atom is -0.465 e. The van der Waals surface area contributed by atoms with Gasteiger partial charge in [0.1, 0.15) is 0 Å². The van der Waals surface area contributed by atoms with Gasteiger partial charge in [0, 0.05) is 34.1 Å². The van der Waals surface area contributed by atoms with E-state index in [1.807, 2.05) is 31.2 Å². The van der Waals surface area contributed by atoms with Crippen LogP contribution in [-0.2, 0) is 6.42 Å². The zero-order valence-corrected chi connectivity index (χ0v) is 12.2. The van der Waals surface area contributed by atoms with Crippen molar-refractivity contribution in [2.24, 2.45) is 5.11 Å². The average molecular weight is 299 g/mol. The van der Waals surface area contributed by atoms with Gasteiger partial charge in [-0.2, -0.15) is 0 Å². The van der Waals surface area contributed by atoms with Crippen LogP contribution in [0.5, 0.6) is 0 Å². The largest absolute Gasteiger partial charge is 0.465 e. The van der Waals surface area contributed by atoms with Gasteiger partial charge >= 0.3 is 6.09 Å². The first-order valence-corrected chi connectivity index (χ1v) is 7.20. The van der Waals surface area contributed by atoms with Gasteiger partial charge in [-0.15, -0.1) is 0 Å². The minimum absolute atomic E-state index is 0.161. The lowest BCUT2D eigenvalue weighted by molar-refractivity contribution is 0.140. The van der Waals surface area contributed by atoms with Gasteiger partial charge in [-0.05, 0) is 36.9 Å². The molecule has 1 aromatic carbocycles. The predicted octanol–water partition coefficient (Wildman–Crippen LogP) is 3.45. The quantitative estimate of drug-likeness (QED) is 0.514. The Bertz CT molecular complexity index is 762. The van der Waals surface area contributed by atoms with Crippen molar-refractivity contribution >= 4 is 17.0 Å². The highest BCUT2D eigenvalue weighted by Crippen LogP contribution is 2.29. The molecule has 114 valence electrons. The first kappa shape index (κ1) is 14.3. The van der Waals surface area contributed by atoms with E-state index in [0.717, 1.165) is 22.2 Å². The standard InChI is InChI=1S/C15H17N5O2/c1-9-13(12-4-2-3-5-14(12)17-9)7-11-6-10(18-19-16)8-20(11)15(21)22/h2-5,10-11,17H,6-8H2,1H3,(H,21,22)/t10-,11+/m0/s1. The van der Waals surface area contributed by atoms with Gasteiger partial charge in [0.25, 0.3) is 0 Å². The van der Waals surface area contributed by atoms with E-state index in [-0.39, 0.29) is 18.6 Å². The molecule has 22 heavy (non-hydrogen) atoms. The van der Waals surface area contributed by atoms with E-state index in [4.69, 9.17) is 5.53 Å². The molecule has 7 heteroatoms. The second-order valence-corrected chi connectivity index (χ2v) is 5.66. The van der Waals surface area contributed by atoms with Crippen LogP contribution in [0, 0.1) is 6.92 Å². The van der Waals surface area contributed by atoms with Crippen LogP contribution in [0.4, 0.5) is 4.79 Å². The SMILES string of the molecule is Cc1[nH]c2ccccc2c1C[C@H]1C[C@H](N=[N+]=[N-])CN1C(=O)O. The molecule has 1 aromatic heterocycles. The first-order chi connectivity index (χ1) is 10.6. The number of benzene rings is 1. The summed E-state index contributed by atoms with van der Waals surface area (Å²) in [4.78, 5) is 19.0. The summed E-state index contributed by atoms with van der Waals surface area (Å²) in [6, 6.07) is 7.56. The summed E-state index contributed by atoms with van der Waals surface area (Å²) in [5.74, 6) is 0. The number of azide groups is 1. The lowest BCUT2D eigenvalue weighted by Gasteiger charge is -2.21. The van der Waals surface area contributed by atoms with Crippen molar-refractivity contribution in [3.05, 3.63) is 46.0 Å². The molecule has 2 atom stereocenters. The van der Waals surface area contributed by atoms with E-state index in [0.29, 0.717) is 12.8 Å². The van der Waals surface area contributed by atoms with Gasteiger partial charge in [-0.1, -0.05) is 23.3 Å². The van der Waals surface area contributed by atoms with Crippen molar-refractivity contribution in [3.8, 4) is 0 Å². The van der Waals surface area contributed by atoms with Crippen LogP contribution in [0.2, 0.25) is 0 Å². The van der Waals surface area contributed by atoms with Crippen molar-refractivity contribution in [1.82, 2.24) is 9.88 Å². The van der Waals surface area contributed by atoms with Gasteiger partial charge in [0.05, 0.1) is 6.04 Å². The Morgan fingerprint density at radius 2 is 2.32 bits per heavy atom. The maximum atomic E-state index is 11.4. The van der Waals surface area contributed by atoms with Crippen LogP contribution in [0.1, 0.15) is 17.7 Å². The van der Waals surface area contributed by atoms with E-state index in [1.165, 1.54) is 4.90 Å². The molecular weight excluding hydrogens is 282 g/mol. The summed E-state index contributed by atoms with van der Waals surface area (Å²) >= 11 is 0. The molecule has 1 fully saturated rings. The second kappa shape index (κ2) is 5.61. The van der Waals surface area contributed by atoms with Crippen LogP contribution in [0.3, 0.4) is 0 Å². The van der Waals surface area contributed by atoms with Gasteiger partial charge < -0.3 is 15.0 Å². The molecule has 1 amide bonds. The summed E-state index contributed by atoms with van der Waals surface area (Å²) in [6.07, 6.45) is 0.229. The molecule has 2 heterocycles. The molecule has 1 aliphatic heterocycles. The fraction of sp³-hybridized carbons (Fsp3) is 0.400. The molecule has 3 rings (SSSR count). The average Bonchev–Trinajstić information content (AvgIpc) is 3.02. The highest BCUT2D eigenvalue weighted by atomic mass is 16.4. The van der Waals surface area contributed by atoms with Crippen molar-refractivity contribution in [2.45, 2.75) is 31.8 Å². The normalized spacial score (nSPS) is 21.0. The third-order valence-electron chi connectivity index (χ3n) is 4.32. The fourth-order valence-corrected chi connectivity index (χ4v) is 3.31. The molecular formula is C15H17N5O2. The number of fused-ring (bicyclic) bond motifs is 1. The Morgan fingerprint density at radius 3 is 3.05 bits per heavy atom. The van der Waals surface area contributed by atoms with E-state index >= 15 is 0 Å². The van der Waals surface area contributed by atoms with Gasteiger partial charge in [0.2, 0.25) is 0 Å². The Morgan fingerprint density at radius 1 is 1.55 bits per heavy atom. The first-order valence-electron chi connectivity index (χ1n) is 7.20. The van der Waals surface area contributed by atoms with Crippen molar-refractivity contribution in [3.63, 3.8) is 0 Å². The highest BCUT2D eigenvalue weighted by Gasteiger charge is 2.35. The van der Waals surface area contributed by atoms with Crippen LogP contribution >= 0.6 is 0 Å². The van der Waals surface area contributed by atoms with Gasteiger partial charge in [-0.3, -0.25) is 0 Å². The predicted molar refractivity (Wildman–Crippen MR) is 82.8 cm³/mol. The number of aryl methyl sites for hydroxylation is 1. The topological polar surface area (TPSA) is 105 Å². The fourth-order valence-electron chi connectivity index (χ4n) is 3.31. The number of nitrogens with zero attached hydrogens (tertiary/aromatic N) is 4. The zero-order chi connectivity index (χ0) is 15.7. The number of aromatic amines is 1. The third kappa shape index (κ3) is 2.46. The number of hydrogen-bond acceptors (Lipinski definition) is 2. The van der Waals surface area contributed by atoms with Gasteiger partial charge in [-0.25, -0.2) is 4.79 Å². The molecule has 7 nitrogen and oxygen atoms in total. The molecule has 1 saturated heterocycles. The number of H-pyrrole nitrogens is 1. The number of rotatable bonds is 3. The number of carboxylic acid groups (broad SMARTS) is 1. The van der Waals surface area contributed by atoms with E-state index in [2.05, 4.69) is 15.0 Å². The number of nitrogens with one attached hydrogen (secondary N) is 1.